The van der Waals surface area contributed by atoms with E-state index in [1.165, 1.54) is 26.1 Å². The van der Waals surface area contributed by atoms with Crippen molar-refractivity contribution >= 4 is 21.4 Å². The van der Waals surface area contributed by atoms with E-state index in [0.717, 1.165) is 25.4 Å². The zero-order valence-corrected chi connectivity index (χ0v) is 11.9. The largest absolute Gasteiger partial charge is 0.491 e. The van der Waals surface area contributed by atoms with Gasteiger partial charge in [0.25, 0.3) is 0 Å². The smallest absolute Gasteiger partial charge is 0.132 e. The molecule has 0 atom stereocenters. The SMILES string of the molecule is c1cc2c(c(-c3cc4ccccc4s3)c1)OCCNC2. The molecule has 2 nitrogen and oxygen atoms in total. The molecule has 1 aromatic heterocycles. The van der Waals surface area contributed by atoms with Crippen LogP contribution in [0.4, 0.5) is 0 Å². The Morgan fingerprint density at radius 2 is 2.00 bits per heavy atom. The van der Waals surface area contributed by atoms with E-state index in [-0.39, 0.29) is 0 Å². The molecule has 100 valence electrons. The monoisotopic (exact) mass is 281 g/mol. The van der Waals surface area contributed by atoms with Crippen LogP contribution < -0.4 is 10.1 Å². The minimum Gasteiger partial charge on any atom is -0.491 e. The summed E-state index contributed by atoms with van der Waals surface area (Å²) in [7, 11) is 0. The number of benzene rings is 2. The lowest BCUT2D eigenvalue weighted by Crippen LogP contribution is -2.16. The Hall–Kier alpha value is -1.84. The fourth-order valence-electron chi connectivity index (χ4n) is 2.65. The van der Waals surface area contributed by atoms with Gasteiger partial charge in [-0.2, -0.15) is 0 Å². The molecule has 0 amide bonds. The molecular weight excluding hydrogens is 266 g/mol. The number of ether oxygens (including phenoxy) is 1. The molecule has 0 radical (unpaired) electrons. The number of hydrogen-bond acceptors (Lipinski definition) is 3. The molecule has 0 saturated heterocycles. The van der Waals surface area contributed by atoms with Gasteiger partial charge in [-0.25, -0.2) is 0 Å². The summed E-state index contributed by atoms with van der Waals surface area (Å²) in [6, 6.07) is 17.2. The van der Waals surface area contributed by atoms with E-state index in [1.807, 2.05) is 11.3 Å². The van der Waals surface area contributed by atoms with Gasteiger partial charge in [-0.05, 0) is 23.6 Å². The van der Waals surface area contributed by atoms with Crippen LogP contribution in [0.15, 0.2) is 48.5 Å². The molecule has 2 heterocycles. The second-order valence-corrected chi connectivity index (χ2v) is 6.05. The van der Waals surface area contributed by atoms with Crippen LogP contribution in [-0.2, 0) is 6.54 Å². The van der Waals surface area contributed by atoms with Gasteiger partial charge in [0.15, 0.2) is 0 Å². The van der Waals surface area contributed by atoms with Gasteiger partial charge < -0.3 is 10.1 Å². The van der Waals surface area contributed by atoms with E-state index in [0.29, 0.717) is 0 Å². The fourth-order valence-corrected chi connectivity index (χ4v) is 3.74. The van der Waals surface area contributed by atoms with Crippen LogP contribution in [-0.4, -0.2) is 13.2 Å². The third-order valence-electron chi connectivity index (χ3n) is 3.63. The zero-order chi connectivity index (χ0) is 13.4. The predicted octanol–water partition coefficient (Wildman–Crippen LogP) is 4.05. The van der Waals surface area contributed by atoms with E-state index in [2.05, 4.69) is 53.8 Å². The number of rotatable bonds is 1. The van der Waals surface area contributed by atoms with Crippen LogP contribution >= 0.6 is 11.3 Å². The van der Waals surface area contributed by atoms with E-state index in [4.69, 9.17) is 4.74 Å². The second-order valence-electron chi connectivity index (χ2n) is 4.97. The molecule has 3 aromatic rings. The molecule has 1 N–H and O–H groups in total. The number of thiophene rings is 1. The van der Waals surface area contributed by atoms with Crippen molar-refractivity contribution in [1.29, 1.82) is 0 Å². The van der Waals surface area contributed by atoms with Crippen molar-refractivity contribution < 1.29 is 4.74 Å². The fraction of sp³-hybridized carbons (Fsp3) is 0.176. The van der Waals surface area contributed by atoms with Crippen molar-refractivity contribution in [2.45, 2.75) is 6.54 Å². The standard InChI is InChI=1S/C17H15NOS/c1-2-7-15-12(4-1)10-16(20-15)14-6-3-5-13-11-18-8-9-19-17(13)14/h1-7,10,18H,8-9,11H2. The molecule has 0 aliphatic carbocycles. The molecule has 3 heteroatoms. The van der Waals surface area contributed by atoms with Gasteiger partial charge >= 0.3 is 0 Å². The molecule has 4 rings (SSSR count). The van der Waals surface area contributed by atoms with Crippen LogP contribution in [0.25, 0.3) is 20.5 Å². The molecule has 20 heavy (non-hydrogen) atoms. The first kappa shape index (κ1) is 11.9. The Morgan fingerprint density at radius 3 is 2.95 bits per heavy atom. The molecular formula is C17H15NOS. The highest BCUT2D eigenvalue weighted by Crippen LogP contribution is 2.40. The summed E-state index contributed by atoms with van der Waals surface area (Å²) >= 11 is 1.83. The minimum atomic E-state index is 0.731. The Labute approximate surface area is 122 Å². The van der Waals surface area contributed by atoms with Crippen LogP contribution in [0.1, 0.15) is 5.56 Å². The lowest BCUT2D eigenvalue weighted by molar-refractivity contribution is 0.327. The first-order valence-electron chi connectivity index (χ1n) is 6.86. The van der Waals surface area contributed by atoms with Crippen LogP contribution in [0, 0.1) is 0 Å². The van der Waals surface area contributed by atoms with E-state index >= 15 is 0 Å². The summed E-state index contributed by atoms with van der Waals surface area (Å²) < 4.78 is 7.30. The van der Waals surface area contributed by atoms with Crippen molar-refractivity contribution in [3.63, 3.8) is 0 Å². The molecule has 0 unspecified atom stereocenters. The lowest BCUT2D eigenvalue weighted by atomic mass is 10.1. The highest BCUT2D eigenvalue weighted by atomic mass is 32.1. The molecule has 0 fully saturated rings. The van der Waals surface area contributed by atoms with Crippen molar-refractivity contribution in [2.24, 2.45) is 0 Å². The van der Waals surface area contributed by atoms with Gasteiger partial charge in [-0.3, -0.25) is 0 Å². The summed E-state index contributed by atoms with van der Waals surface area (Å²) in [4.78, 5) is 1.28. The summed E-state index contributed by atoms with van der Waals surface area (Å²) in [6.07, 6.45) is 0. The molecule has 0 saturated carbocycles. The van der Waals surface area contributed by atoms with E-state index in [1.54, 1.807) is 0 Å². The Kier molecular flexibility index (Phi) is 2.94. The van der Waals surface area contributed by atoms with Gasteiger partial charge in [0.1, 0.15) is 12.4 Å². The Morgan fingerprint density at radius 1 is 1.05 bits per heavy atom. The Balaban J connectivity index is 1.89. The average Bonchev–Trinajstić information content (AvgIpc) is 2.76. The maximum atomic E-state index is 5.97. The van der Waals surface area contributed by atoms with Gasteiger partial charge in [0, 0.05) is 33.8 Å². The summed E-state index contributed by atoms with van der Waals surface area (Å²) in [5.74, 6) is 1.05. The lowest BCUT2D eigenvalue weighted by Gasteiger charge is -2.11. The molecule has 0 bridgehead atoms. The normalized spacial score (nSPS) is 14.6. The average molecular weight is 281 g/mol. The molecule has 2 aromatic carbocycles. The quantitative estimate of drug-likeness (QED) is 0.726. The first-order chi connectivity index (χ1) is 9.92. The predicted molar refractivity (Wildman–Crippen MR) is 84.5 cm³/mol. The van der Waals surface area contributed by atoms with E-state index < -0.39 is 0 Å². The summed E-state index contributed by atoms with van der Waals surface area (Å²) in [5, 5.41) is 4.69. The molecule has 1 aliphatic heterocycles. The number of fused-ring (bicyclic) bond motifs is 2. The van der Waals surface area contributed by atoms with Crippen LogP contribution in [0.2, 0.25) is 0 Å². The van der Waals surface area contributed by atoms with Gasteiger partial charge in [-0.1, -0.05) is 30.3 Å². The zero-order valence-electron chi connectivity index (χ0n) is 11.1. The van der Waals surface area contributed by atoms with Crippen molar-refractivity contribution in [3.8, 4) is 16.2 Å². The third-order valence-corrected chi connectivity index (χ3v) is 4.78. The first-order valence-corrected chi connectivity index (χ1v) is 7.68. The number of para-hydroxylation sites is 1. The Bertz CT molecular complexity index is 730. The second kappa shape index (κ2) is 4.93. The number of hydrogen-bond donors (Lipinski definition) is 1. The van der Waals surface area contributed by atoms with Crippen molar-refractivity contribution in [3.05, 3.63) is 54.1 Å². The van der Waals surface area contributed by atoms with Gasteiger partial charge in [-0.15, -0.1) is 11.3 Å². The maximum absolute atomic E-state index is 5.97. The van der Waals surface area contributed by atoms with Crippen molar-refractivity contribution in [2.75, 3.05) is 13.2 Å². The maximum Gasteiger partial charge on any atom is 0.132 e. The van der Waals surface area contributed by atoms with Gasteiger partial charge in [0.2, 0.25) is 0 Å². The van der Waals surface area contributed by atoms with E-state index in [9.17, 15) is 0 Å². The summed E-state index contributed by atoms with van der Waals surface area (Å²) in [5.41, 5.74) is 2.46. The minimum absolute atomic E-state index is 0.731. The highest BCUT2D eigenvalue weighted by Gasteiger charge is 2.15. The third kappa shape index (κ3) is 1.99. The van der Waals surface area contributed by atoms with Crippen molar-refractivity contribution in [1.82, 2.24) is 5.32 Å². The highest BCUT2D eigenvalue weighted by molar-refractivity contribution is 7.22. The topological polar surface area (TPSA) is 21.3 Å². The van der Waals surface area contributed by atoms with Crippen LogP contribution in [0.3, 0.4) is 0 Å². The van der Waals surface area contributed by atoms with Gasteiger partial charge in [0.05, 0.1) is 0 Å². The molecule has 0 spiro atoms. The number of nitrogens with one attached hydrogen (secondary N) is 1. The summed E-state index contributed by atoms with van der Waals surface area (Å²) in [6.45, 7) is 2.52. The van der Waals surface area contributed by atoms with Crippen LogP contribution in [0.5, 0.6) is 5.75 Å². The molecule has 1 aliphatic rings.